The first-order valence-corrected chi connectivity index (χ1v) is 11.1. The zero-order chi connectivity index (χ0) is 20.5. The van der Waals surface area contributed by atoms with Gasteiger partial charge in [-0.25, -0.2) is 0 Å². The van der Waals surface area contributed by atoms with E-state index in [9.17, 15) is 9.59 Å². The first kappa shape index (κ1) is 25.9. The summed E-state index contributed by atoms with van der Waals surface area (Å²) in [6, 6.07) is 0. The smallest absolute Gasteiger partial charge is 0.305 e. The number of hydrogen-bond acceptors (Lipinski definition) is 4. The molecule has 0 aliphatic carbocycles. The summed E-state index contributed by atoms with van der Waals surface area (Å²) in [5, 5.41) is 0. The second-order valence-electron chi connectivity index (χ2n) is 8.76. The third kappa shape index (κ3) is 15.7. The van der Waals surface area contributed by atoms with Gasteiger partial charge in [0.05, 0.1) is 13.2 Å². The number of esters is 2. The van der Waals surface area contributed by atoms with Crippen molar-refractivity contribution in [2.75, 3.05) is 13.2 Å². The minimum absolute atomic E-state index is 0.0191. The number of rotatable bonds is 16. The fraction of sp³-hybridized carbons (Fsp3) is 0.913. The Hall–Kier alpha value is -1.06. The lowest BCUT2D eigenvalue weighted by Crippen LogP contribution is -2.31. The summed E-state index contributed by atoms with van der Waals surface area (Å²) in [5.41, 5.74) is -0.0805. The quantitative estimate of drug-likeness (QED) is 0.226. The number of carbonyl (C=O) groups excluding carboxylic acids is 2. The number of unbranched alkanes of at least 4 members (excludes halogenated alkanes) is 8. The average molecular weight is 385 g/mol. The van der Waals surface area contributed by atoms with Crippen molar-refractivity contribution in [2.45, 2.75) is 112 Å². The summed E-state index contributed by atoms with van der Waals surface area (Å²) in [5.74, 6) is -0.253. The van der Waals surface area contributed by atoms with Gasteiger partial charge in [-0.05, 0) is 18.3 Å². The Morgan fingerprint density at radius 3 is 1.37 bits per heavy atom. The summed E-state index contributed by atoms with van der Waals surface area (Å²) in [6.07, 6.45) is 12.2. The molecule has 0 bridgehead atoms. The van der Waals surface area contributed by atoms with E-state index >= 15 is 0 Å². The molecule has 0 aliphatic rings. The third-order valence-corrected chi connectivity index (χ3v) is 5.08. The van der Waals surface area contributed by atoms with Gasteiger partial charge in [0.1, 0.15) is 0 Å². The van der Waals surface area contributed by atoms with Gasteiger partial charge in [-0.3, -0.25) is 9.59 Å². The Balaban J connectivity index is 4.07. The van der Waals surface area contributed by atoms with Crippen LogP contribution in [0.4, 0.5) is 0 Å². The van der Waals surface area contributed by atoms with Crippen molar-refractivity contribution in [1.82, 2.24) is 0 Å². The number of carbonyl (C=O) groups is 2. The highest BCUT2D eigenvalue weighted by Crippen LogP contribution is 2.27. The Kier molecular flexibility index (Phi) is 15.3. The molecule has 0 aromatic heterocycles. The monoisotopic (exact) mass is 384 g/mol. The number of hydrogen-bond donors (Lipinski definition) is 0. The van der Waals surface area contributed by atoms with Crippen LogP contribution in [-0.2, 0) is 19.1 Å². The normalized spacial score (nSPS) is 11.6. The van der Waals surface area contributed by atoms with Crippen molar-refractivity contribution in [2.24, 2.45) is 11.3 Å². The summed E-state index contributed by atoms with van der Waals surface area (Å²) in [4.78, 5) is 23.9. The maximum absolute atomic E-state index is 11.9. The van der Waals surface area contributed by atoms with E-state index in [1.807, 2.05) is 0 Å². The van der Waals surface area contributed by atoms with Gasteiger partial charge in [0, 0.05) is 18.8 Å². The number of ether oxygens (including phenoxy) is 2. The molecule has 0 aromatic carbocycles. The van der Waals surface area contributed by atoms with Crippen LogP contribution in [0.1, 0.15) is 112 Å². The summed E-state index contributed by atoms with van der Waals surface area (Å²) >= 11 is 0. The molecule has 4 nitrogen and oxygen atoms in total. The molecule has 0 heterocycles. The van der Waals surface area contributed by atoms with Crippen molar-refractivity contribution < 1.29 is 19.1 Å². The molecule has 0 N–H and O–H groups in total. The van der Waals surface area contributed by atoms with E-state index in [0.717, 1.165) is 25.7 Å². The van der Waals surface area contributed by atoms with E-state index in [1.165, 1.54) is 38.5 Å². The van der Waals surface area contributed by atoms with Crippen LogP contribution in [0.15, 0.2) is 0 Å². The fourth-order valence-electron chi connectivity index (χ4n) is 2.83. The molecule has 0 fully saturated rings. The fourth-order valence-corrected chi connectivity index (χ4v) is 2.83. The Morgan fingerprint density at radius 1 is 0.667 bits per heavy atom. The molecule has 0 radical (unpaired) electrons. The Labute approximate surface area is 167 Å². The third-order valence-electron chi connectivity index (χ3n) is 5.08. The highest BCUT2D eigenvalue weighted by molar-refractivity contribution is 5.69. The zero-order valence-electron chi connectivity index (χ0n) is 18.6. The Bertz CT molecular complexity index is 354. The van der Waals surface area contributed by atoms with E-state index in [1.54, 1.807) is 0 Å². The van der Waals surface area contributed by atoms with E-state index in [0.29, 0.717) is 26.1 Å². The van der Waals surface area contributed by atoms with E-state index in [2.05, 4.69) is 34.6 Å². The second-order valence-corrected chi connectivity index (χ2v) is 8.76. The van der Waals surface area contributed by atoms with Crippen molar-refractivity contribution >= 4 is 11.9 Å². The first-order chi connectivity index (χ1) is 12.8. The molecule has 27 heavy (non-hydrogen) atoms. The minimum Gasteiger partial charge on any atom is -0.465 e. The van der Waals surface area contributed by atoms with Gasteiger partial charge in [0.15, 0.2) is 0 Å². The lowest BCUT2D eigenvalue weighted by Gasteiger charge is -2.29. The van der Waals surface area contributed by atoms with Crippen LogP contribution in [0.2, 0.25) is 0 Å². The minimum atomic E-state index is -0.136. The molecule has 0 spiro atoms. The largest absolute Gasteiger partial charge is 0.465 e. The van der Waals surface area contributed by atoms with Crippen LogP contribution in [0.3, 0.4) is 0 Å². The molecule has 0 rings (SSSR count). The summed E-state index contributed by atoms with van der Waals surface area (Å²) in [6.45, 7) is 11.3. The van der Waals surface area contributed by atoms with Crippen LogP contribution in [0.25, 0.3) is 0 Å². The van der Waals surface area contributed by atoms with Crippen LogP contribution in [0, 0.1) is 11.3 Å². The van der Waals surface area contributed by atoms with Gasteiger partial charge < -0.3 is 9.47 Å². The lowest BCUT2D eigenvalue weighted by molar-refractivity contribution is -0.151. The van der Waals surface area contributed by atoms with Crippen molar-refractivity contribution in [3.63, 3.8) is 0 Å². The molecule has 0 unspecified atom stereocenters. The molecule has 0 amide bonds. The van der Waals surface area contributed by atoms with Crippen molar-refractivity contribution in [3.8, 4) is 0 Å². The summed E-state index contributed by atoms with van der Waals surface area (Å²) < 4.78 is 10.9. The van der Waals surface area contributed by atoms with Gasteiger partial charge >= 0.3 is 11.9 Å². The molecule has 0 saturated carbocycles. The standard InChI is InChI=1S/C23H44O4/c1-6-8-10-12-14-16-21(24)26-18-20(23(3,4)5)19-27-22(25)17-15-13-11-9-7-2/h20H,6-19H2,1-5H3. The topological polar surface area (TPSA) is 52.6 Å². The van der Waals surface area contributed by atoms with Crippen LogP contribution in [-0.4, -0.2) is 25.2 Å². The molecule has 0 aliphatic heterocycles. The molecule has 0 saturated heterocycles. The second kappa shape index (κ2) is 15.9. The highest BCUT2D eigenvalue weighted by Gasteiger charge is 2.27. The Morgan fingerprint density at radius 2 is 1.04 bits per heavy atom. The van der Waals surface area contributed by atoms with Crippen LogP contribution in [0.5, 0.6) is 0 Å². The molecular formula is C23H44O4. The molecule has 0 atom stereocenters. The highest BCUT2D eigenvalue weighted by atomic mass is 16.5. The average Bonchev–Trinajstić information content (AvgIpc) is 2.60. The van der Waals surface area contributed by atoms with Gasteiger partial charge in [0.2, 0.25) is 0 Å². The van der Waals surface area contributed by atoms with Crippen molar-refractivity contribution in [3.05, 3.63) is 0 Å². The van der Waals surface area contributed by atoms with Gasteiger partial charge in [-0.2, -0.15) is 0 Å². The SMILES string of the molecule is CCCCCCCC(=O)OCC(COC(=O)CCCCCCC)C(C)(C)C. The van der Waals surface area contributed by atoms with E-state index < -0.39 is 0 Å². The van der Waals surface area contributed by atoms with Gasteiger partial charge in [-0.15, -0.1) is 0 Å². The summed E-state index contributed by atoms with van der Waals surface area (Å²) in [7, 11) is 0. The van der Waals surface area contributed by atoms with Crippen LogP contribution < -0.4 is 0 Å². The molecule has 4 heteroatoms. The van der Waals surface area contributed by atoms with E-state index in [4.69, 9.17) is 9.47 Å². The molecular weight excluding hydrogens is 340 g/mol. The van der Waals surface area contributed by atoms with Crippen molar-refractivity contribution in [1.29, 1.82) is 0 Å². The maximum Gasteiger partial charge on any atom is 0.305 e. The van der Waals surface area contributed by atoms with Crippen LogP contribution >= 0.6 is 0 Å². The first-order valence-electron chi connectivity index (χ1n) is 11.1. The molecule has 0 aromatic rings. The lowest BCUT2D eigenvalue weighted by atomic mass is 9.82. The predicted molar refractivity (Wildman–Crippen MR) is 112 cm³/mol. The van der Waals surface area contributed by atoms with E-state index in [-0.39, 0.29) is 23.3 Å². The molecule has 160 valence electrons. The maximum atomic E-state index is 11.9. The van der Waals surface area contributed by atoms with Gasteiger partial charge in [0.25, 0.3) is 0 Å². The van der Waals surface area contributed by atoms with Gasteiger partial charge in [-0.1, -0.05) is 86.0 Å². The zero-order valence-corrected chi connectivity index (χ0v) is 18.6. The predicted octanol–water partition coefficient (Wildman–Crippen LogP) is 6.46.